The number of rotatable bonds is 5. The van der Waals surface area contributed by atoms with Crippen molar-refractivity contribution in [2.75, 3.05) is 5.73 Å². The predicted molar refractivity (Wildman–Crippen MR) is 61.6 cm³/mol. The Morgan fingerprint density at radius 3 is 1.60 bits per heavy atom. The lowest BCUT2D eigenvalue weighted by molar-refractivity contribution is -0.392. The van der Waals surface area contributed by atoms with Crippen molar-refractivity contribution in [3.05, 3.63) is 36.1 Å². The summed E-state index contributed by atoms with van der Waals surface area (Å²) in [5, 5.41) is 0. The molecule has 0 aliphatic heterocycles. The van der Waals surface area contributed by atoms with Gasteiger partial charge in [0.1, 0.15) is 5.75 Å². The van der Waals surface area contributed by atoms with Gasteiger partial charge < -0.3 is 10.5 Å². The second-order valence-electron chi connectivity index (χ2n) is 4.48. The topological polar surface area (TPSA) is 35.2 Å². The number of halogens is 11. The summed E-state index contributed by atoms with van der Waals surface area (Å²) in [6.07, 6.45) is -7.16. The van der Waals surface area contributed by atoms with Crippen molar-refractivity contribution in [3.63, 3.8) is 0 Å². The predicted octanol–water partition coefficient (Wildman–Crippen LogP) is 5.22. The molecule has 0 bridgehead atoms. The number of anilines is 1. The average molecular weight is 389 g/mol. The fourth-order valence-corrected chi connectivity index (χ4v) is 1.32. The van der Waals surface area contributed by atoms with Crippen LogP contribution in [0.1, 0.15) is 0 Å². The Morgan fingerprint density at radius 1 is 0.760 bits per heavy atom. The van der Waals surface area contributed by atoms with Crippen LogP contribution in [-0.2, 0) is 0 Å². The fraction of sp³-hybridized carbons (Fsp3) is 0.333. The lowest BCUT2D eigenvalue weighted by Gasteiger charge is -2.32. The van der Waals surface area contributed by atoms with E-state index in [1.54, 1.807) is 0 Å². The van der Waals surface area contributed by atoms with Crippen molar-refractivity contribution in [2.45, 2.75) is 23.9 Å². The van der Waals surface area contributed by atoms with Crippen molar-refractivity contribution >= 4 is 5.69 Å². The summed E-state index contributed by atoms with van der Waals surface area (Å²) in [6.45, 7) is 0. The molecule has 0 fully saturated rings. The number of benzene rings is 1. The molecule has 0 spiro atoms. The van der Waals surface area contributed by atoms with Crippen LogP contribution in [0.5, 0.6) is 5.75 Å². The quantitative estimate of drug-likeness (QED) is 0.426. The van der Waals surface area contributed by atoms with Gasteiger partial charge in [-0.05, 0) is 24.3 Å². The molecule has 25 heavy (non-hydrogen) atoms. The first-order valence-electron chi connectivity index (χ1n) is 5.85. The maximum Gasteiger partial charge on any atom is 0.460 e. The molecule has 0 heterocycles. The van der Waals surface area contributed by atoms with E-state index < -0.39 is 41.5 Å². The summed E-state index contributed by atoms with van der Waals surface area (Å²) in [6, 6.07) is 0.328. The molecule has 0 saturated carbocycles. The van der Waals surface area contributed by atoms with Crippen LogP contribution in [0.4, 0.5) is 54.0 Å². The number of nitrogens with two attached hydrogens (primary N) is 1. The highest BCUT2D eigenvalue weighted by Crippen LogP contribution is 2.55. The molecular weight excluding hydrogens is 383 g/mol. The first-order valence-corrected chi connectivity index (χ1v) is 5.85. The van der Waals surface area contributed by atoms with Gasteiger partial charge in [0, 0.05) is 5.69 Å². The van der Waals surface area contributed by atoms with Crippen molar-refractivity contribution < 1.29 is 53.0 Å². The average Bonchev–Trinajstić information content (AvgIpc) is 2.47. The SMILES string of the molecule is Nc1ccc(OC(F)=C(F)C(F)(F)C(F)(F)C(F)(F)C(F)(F)F)cc1. The minimum Gasteiger partial charge on any atom is -0.430 e. The van der Waals surface area contributed by atoms with Crippen molar-refractivity contribution in [1.82, 2.24) is 0 Å². The molecule has 2 N–H and O–H groups in total. The molecule has 1 aromatic carbocycles. The number of allylic oxidation sites excluding steroid dienone is 1. The normalized spacial score (nSPS) is 15.0. The van der Waals surface area contributed by atoms with Crippen molar-refractivity contribution in [1.29, 1.82) is 0 Å². The lowest BCUT2D eigenvalue weighted by Crippen LogP contribution is -2.61. The summed E-state index contributed by atoms with van der Waals surface area (Å²) in [7, 11) is 0. The van der Waals surface area contributed by atoms with Gasteiger partial charge >= 0.3 is 30.0 Å². The van der Waals surface area contributed by atoms with E-state index in [0.717, 1.165) is 24.3 Å². The van der Waals surface area contributed by atoms with Gasteiger partial charge in [0.05, 0.1) is 0 Å². The lowest BCUT2D eigenvalue weighted by atomic mass is 10.0. The fourth-order valence-electron chi connectivity index (χ4n) is 1.32. The summed E-state index contributed by atoms with van der Waals surface area (Å²) in [5.74, 6) is -26.3. The Labute approximate surface area is 131 Å². The number of hydrogen-bond donors (Lipinski definition) is 1. The van der Waals surface area contributed by atoms with Crippen LogP contribution in [0, 0.1) is 0 Å². The minimum absolute atomic E-state index is 0.0406. The Morgan fingerprint density at radius 2 is 1.20 bits per heavy atom. The summed E-state index contributed by atoms with van der Waals surface area (Å²) in [5.41, 5.74) is 5.23. The summed E-state index contributed by atoms with van der Waals surface area (Å²) in [4.78, 5) is 0. The second kappa shape index (κ2) is 6.26. The highest BCUT2D eigenvalue weighted by Gasteiger charge is 2.83. The van der Waals surface area contributed by atoms with E-state index in [2.05, 4.69) is 4.74 Å². The molecule has 1 rings (SSSR count). The van der Waals surface area contributed by atoms with Gasteiger partial charge in [0.25, 0.3) is 0 Å². The first-order chi connectivity index (χ1) is 11.1. The molecule has 0 unspecified atom stereocenters. The van der Waals surface area contributed by atoms with Gasteiger partial charge in [-0.3, -0.25) is 0 Å². The van der Waals surface area contributed by atoms with Gasteiger partial charge in [-0.25, -0.2) is 0 Å². The number of hydrogen-bond acceptors (Lipinski definition) is 2. The molecule has 2 nitrogen and oxygen atoms in total. The maximum absolute atomic E-state index is 13.2. The largest absolute Gasteiger partial charge is 0.460 e. The van der Waals surface area contributed by atoms with Crippen molar-refractivity contribution in [2.24, 2.45) is 0 Å². The van der Waals surface area contributed by atoms with Crippen LogP contribution < -0.4 is 10.5 Å². The third-order valence-electron chi connectivity index (χ3n) is 2.68. The first kappa shape index (κ1) is 20.8. The third-order valence-corrected chi connectivity index (χ3v) is 2.68. The molecule has 1 aromatic rings. The maximum atomic E-state index is 13.2. The van der Waals surface area contributed by atoms with E-state index in [1.165, 1.54) is 0 Å². The summed E-state index contributed by atoms with van der Waals surface area (Å²) >= 11 is 0. The van der Waals surface area contributed by atoms with E-state index in [9.17, 15) is 48.3 Å². The Bertz CT molecular complexity index is 648. The van der Waals surface area contributed by atoms with Crippen LogP contribution >= 0.6 is 0 Å². The molecule has 0 atom stereocenters. The Balaban J connectivity index is 3.27. The van der Waals surface area contributed by atoms with Crippen LogP contribution in [0.3, 0.4) is 0 Å². The van der Waals surface area contributed by atoms with Crippen LogP contribution in [0.2, 0.25) is 0 Å². The van der Waals surface area contributed by atoms with Crippen LogP contribution in [0.15, 0.2) is 36.1 Å². The molecule has 0 aromatic heterocycles. The molecular formula is C12H6F11NO. The number of nitrogen functional groups attached to an aromatic ring is 1. The van der Waals surface area contributed by atoms with E-state index in [0.29, 0.717) is 0 Å². The number of alkyl halides is 9. The minimum atomic E-state index is -7.36. The zero-order valence-electron chi connectivity index (χ0n) is 11.5. The zero-order valence-corrected chi connectivity index (χ0v) is 11.5. The van der Waals surface area contributed by atoms with E-state index in [-0.39, 0.29) is 5.69 Å². The Hall–Kier alpha value is -2.21. The van der Waals surface area contributed by atoms with E-state index in [1.807, 2.05) is 0 Å². The van der Waals surface area contributed by atoms with Gasteiger partial charge in [-0.2, -0.15) is 48.3 Å². The van der Waals surface area contributed by atoms with E-state index >= 15 is 0 Å². The van der Waals surface area contributed by atoms with Gasteiger partial charge in [-0.1, -0.05) is 0 Å². The molecule has 0 radical (unpaired) electrons. The molecule has 142 valence electrons. The van der Waals surface area contributed by atoms with E-state index in [4.69, 9.17) is 5.73 Å². The van der Waals surface area contributed by atoms with Gasteiger partial charge in [0.2, 0.25) is 5.83 Å². The summed E-state index contributed by atoms with van der Waals surface area (Å²) < 4.78 is 143. The highest BCUT2D eigenvalue weighted by molar-refractivity contribution is 5.42. The van der Waals surface area contributed by atoms with Crippen LogP contribution in [0.25, 0.3) is 0 Å². The molecule has 13 heteroatoms. The molecule has 0 aliphatic rings. The third kappa shape index (κ3) is 3.58. The highest BCUT2D eigenvalue weighted by atomic mass is 19.4. The number of ether oxygens (including phenoxy) is 1. The molecule has 0 aliphatic carbocycles. The Kier molecular flexibility index (Phi) is 5.22. The molecule has 0 amide bonds. The van der Waals surface area contributed by atoms with Gasteiger partial charge in [-0.15, -0.1) is 0 Å². The zero-order chi connectivity index (χ0) is 19.8. The van der Waals surface area contributed by atoms with Crippen molar-refractivity contribution in [3.8, 4) is 5.75 Å². The van der Waals surface area contributed by atoms with Crippen LogP contribution in [-0.4, -0.2) is 23.9 Å². The van der Waals surface area contributed by atoms with Gasteiger partial charge in [0.15, 0.2) is 0 Å². The standard InChI is InChI=1S/C12H6F11NO/c13-7(8(14)25-6-3-1-5(24)2-4-6)9(15,16)10(17,18)11(19,20)12(21,22)23/h1-4H,24H2. The smallest absolute Gasteiger partial charge is 0.430 e. The second-order valence-corrected chi connectivity index (χ2v) is 4.48. The monoisotopic (exact) mass is 389 g/mol. The molecule has 0 saturated heterocycles.